The van der Waals surface area contributed by atoms with E-state index < -0.39 is 0 Å². The van der Waals surface area contributed by atoms with Gasteiger partial charge in [-0.3, -0.25) is 0 Å². The second-order valence-corrected chi connectivity index (χ2v) is 6.29. The van der Waals surface area contributed by atoms with Crippen LogP contribution in [0.1, 0.15) is 6.92 Å². The van der Waals surface area contributed by atoms with Crippen molar-refractivity contribution in [2.75, 3.05) is 11.9 Å². The Morgan fingerprint density at radius 2 is 1.73 bits per heavy atom. The summed E-state index contributed by atoms with van der Waals surface area (Å²) in [5.41, 5.74) is 3.15. The van der Waals surface area contributed by atoms with E-state index >= 15 is 0 Å². The minimum Gasteiger partial charge on any atom is -0.346 e. The molecule has 26 heavy (non-hydrogen) atoms. The first-order chi connectivity index (χ1) is 12.8. The summed E-state index contributed by atoms with van der Waals surface area (Å²) in [6, 6.07) is 18.3. The Labute approximate surface area is 152 Å². The maximum atomic E-state index is 12.3. The highest BCUT2D eigenvalue weighted by atomic mass is 16.2. The van der Waals surface area contributed by atoms with Crippen LogP contribution in [0.25, 0.3) is 21.8 Å². The number of hydrogen-bond donors (Lipinski definition) is 2. The molecule has 0 spiro atoms. The molecule has 2 N–H and O–H groups in total. The third-order valence-electron chi connectivity index (χ3n) is 4.70. The van der Waals surface area contributed by atoms with Crippen LogP contribution in [-0.4, -0.2) is 21.7 Å². The number of carbonyl (C=O) groups excluding carboxylic acids is 1. The number of hydrogen-bond acceptors (Lipinski definition) is 1. The zero-order chi connectivity index (χ0) is 17.9. The number of benzene rings is 2. The Morgan fingerprint density at radius 1 is 0.962 bits per heavy atom. The SMILES string of the molecule is CCn1cc(NC(=O)NCCn2ccc3ccccc32)c2ccccc21. The van der Waals surface area contributed by atoms with E-state index in [-0.39, 0.29) is 6.03 Å². The molecule has 2 aromatic heterocycles. The molecule has 0 aliphatic carbocycles. The highest BCUT2D eigenvalue weighted by Gasteiger charge is 2.10. The van der Waals surface area contributed by atoms with Gasteiger partial charge in [-0.25, -0.2) is 4.79 Å². The number of nitrogens with one attached hydrogen (secondary N) is 2. The topological polar surface area (TPSA) is 51.0 Å². The number of fused-ring (bicyclic) bond motifs is 2. The van der Waals surface area contributed by atoms with Crippen LogP contribution >= 0.6 is 0 Å². The first-order valence-electron chi connectivity index (χ1n) is 8.93. The van der Waals surface area contributed by atoms with Crippen molar-refractivity contribution in [3.05, 3.63) is 67.0 Å². The minimum absolute atomic E-state index is 0.180. The quantitative estimate of drug-likeness (QED) is 0.551. The molecule has 4 aromatic rings. The molecule has 4 rings (SSSR count). The monoisotopic (exact) mass is 346 g/mol. The molecule has 2 heterocycles. The molecule has 0 aliphatic heterocycles. The molecule has 5 heteroatoms. The van der Waals surface area contributed by atoms with Crippen molar-refractivity contribution >= 4 is 33.5 Å². The van der Waals surface area contributed by atoms with Crippen molar-refractivity contribution in [1.82, 2.24) is 14.5 Å². The largest absolute Gasteiger partial charge is 0.346 e. The molecular weight excluding hydrogens is 324 g/mol. The lowest BCUT2D eigenvalue weighted by Gasteiger charge is -2.08. The van der Waals surface area contributed by atoms with Crippen LogP contribution in [0.3, 0.4) is 0 Å². The van der Waals surface area contributed by atoms with Gasteiger partial charge >= 0.3 is 6.03 Å². The van der Waals surface area contributed by atoms with Gasteiger partial charge in [-0.05, 0) is 30.5 Å². The molecule has 5 nitrogen and oxygen atoms in total. The smallest absolute Gasteiger partial charge is 0.319 e. The summed E-state index contributed by atoms with van der Waals surface area (Å²) in [4.78, 5) is 12.3. The molecular formula is C21H22N4O. The van der Waals surface area contributed by atoms with Gasteiger partial charge in [0.25, 0.3) is 0 Å². The summed E-state index contributed by atoms with van der Waals surface area (Å²) in [5, 5.41) is 8.19. The molecule has 2 amide bonds. The number of aromatic nitrogens is 2. The summed E-state index contributed by atoms with van der Waals surface area (Å²) in [6.45, 7) is 4.26. The summed E-state index contributed by atoms with van der Waals surface area (Å²) >= 11 is 0. The van der Waals surface area contributed by atoms with E-state index in [9.17, 15) is 4.79 Å². The van der Waals surface area contributed by atoms with Gasteiger partial charge in [-0.15, -0.1) is 0 Å². The lowest BCUT2D eigenvalue weighted by molar-refractivity contribution is 0.252. The molecule has 0 atom stereocenters. The van der Waals surface area contributed by atoms with Crippen molar-refractivity contribution in [1.29, 1.82) is 0 Å². The Morgan fingerprint density at radius 3 is 2.58 bits per heavy atom. The molecule has 0 fully saturated rings. The highest BCUT2D eigenvalue weighted by Crippen LogP contribution is 2.25. The molecule has 0 saturated carbocycles. The number of anilines is 1. The minimum atomic E-state index is -0.180. The van der Waals surface area contributed by atoms with Crippen molar-refractivity contribution in [2.24, 2.45) is 0 Å². The maximum absolute atomic E-state index is 12.3. The van der Waals surface area contributed by atoms with Gasteiger partial charge in [0.2, 0.25) is 0 Å². The number of nitrogens with zero attached hydrogens (tertiary/aromatic N) is 2. The summed E-state index contributed by atoms with van der Waals surface area (Å²) in [7, 11) is 0. The molecule has 0 aliphatic rings. The number of para-hydroxylation sites is 2. The molecule has 0 unspecified atom stereocenters. The van der Waals surface area contributed by atoms with Crippen LogP contribution in [0.2, 0.25) is 0 Å². The number of amides is 2. The van der Waals surface area contributed by atoms with Crippen molar-refractivity contribution in [3.8, 4) is 0 Å². The zero-order valence-corrected chi connectivity index (χ0v) is 14.8. The fourth-order valence-electron chi connectivity index (χ4n) is 3.40. The highest BCUT2D eigenvalue weighted by molar-refractivity contribution is 6.01. The van der Waals surface area contributed by atoms with Gasteiger partial charge in [-0.2, -0.15) is 0 Å². The van der Waals surface area contributed by atoms with Gasteiger partial charge in [0.05, 0.1) is 11.2 Å². The molecule has 2 aromatic carbocycles. The van der Waals surface area contributed by atoms with Crippen LogP contribution < -0.4 is 10.6 Å². The van der Waals surface area contributed by atoms with Crippen molar-refractivity contribution in [2.45, 2.75) is 20.0 Å². The van der Waals surface area contributed by atoms with Crippen LogP contribution in [0.5, 0.6) is 0 Å². The lowest BCUT2D eigenvalue weighted by Crippen LogP contribution is -2.31. The van der Waals surface area contributed by atoms with Crippen LogP contribution in [0, 0.1) is 0 Å². The first-order valence-corrected chi connectivity index (χ1v) is 8.93. The van der Waals surface area contributed by atoms with Crippen LogP contribution in [0.4, 0.5) is 10.5 Å². The van der Waals surface area contributed by atoms with Gasteiger partial charge < -0.3 is 19.8 Å². The summed E-state index contributed by atoms with van der Waals surface area (Å²) < 4.78 is 4.29. The van der Waals surface area contributed by atoms with Crippen molar-refractivity contribution < 1.29 is 4.79 Å². The fourth-order valence-corrected chi connectivity index (χ4v) is 3.40. The van der Waals surface area contributed by atoms with E-state index in [1.165, 1.54) is 10.9 Å². The van der Waals surface area contributed by atoms with E-state index in [2.05, 4.69) is 57.2 Å². The Hall–Kier alpha value is -3.21. The van der Waals surface area contributed by atoms with Crippen molar-refractivity contribution in [3.63, 3.8) is 0 Å². The molecule has 0 saturated heterocycles. The average Bonchev–Trinajstić information content (AvgIpc) is 3.24. The average molecular weight is 346 g/mol. The standard InChI is InChI=1S/C21H22N4O/c1-2-24-15-18(17-8-4-6-10-20(17)24)23-21(26)22-12-14-25-13-11-16-7-3-5-9-19(16)25/h3-11,13,15H,2,12,14H2,1H3,(H2,22,23,26). The fraction of sp³-hybridized carbons (Fsp3) is 0.190. The van der Waals surface area contributed by atoms with Crippen LogP contribution in [-0.2, 0) is 13.1 Å². The Bertz CT molecular complexity index is 1060. The van der Waals surface area contributed by atoms with E-state index in [1.54, 1.807) is 0 Å². The Kier molecular flexibility index (Phi) is 4.35. The maximum Gasteiger partial charge on any atom is 0.319 e. The second kappa shape index (κ2) is 6.96. The number of aryl methyl sites for hydroxylation is 1. The van der Waals surface area contributed by atoms with E-state index in [0.717, 1.165) is 29.7 Å². The van der Waals surface area contributed by atoms with E-state index in [4.69, 9.17) is 0 Å². The van der Waals surface area contributed by atoms with Gasteiger partial charge in [0.1, 0.15) is 0 Å². The lowest BCUT2D eigenvalue weighted by atomic mass is 10.2. The van der Waals surface area contributed by atoms with Gasteiger partial charge in [0, 0.05) is 42.9 Å². The number of carbonyl (C=O) groups is 1. The molecule has 0 bridgehead atoms. The normalized spacial score (nSPS) is 11.1. The van der Waals surface area contributed by atoms with Crippen LogP contribution in [0.15, 0.2) is 67.0 Å². The third kappa shape index (κ3) is 3.04. The van der Waals surface area contributed by atoms with Gasteiger partial charge in [0.15, 0.2) is 0 Å². The second-order valence-electron chi connectivity index (χ2n) is 6.29. The molecule has 132 valence electrons. The number of urea groups is 1. The first kappa shape index (κ1) is 16.3. The summed E-state index contributed by atoms with van der Waals surface area (Å²) in [5.74, 6) is 0. The van der Waals surface area contributed by atoms with E-state index in [0.29, 0.717) is 6.54 Å². The van der Waals surface area contributed by atoms with Gasteiger partial charge in [-0.1, -0.05) is 36.4 Å². The Balaban J connectivity index is 1.40. The summed E-state index contributed by atoms with van der Waals surface area (Å²) in [6.07, 6.45) is 4.04. The van der Waals surface area contributed by atoms with E-state index in [1.807, 2.05) is 36.5 Å². The predicted octanol–water partition coefficient (Wildman–Crippen LogP) is 4.44. The number of rotatable bonds is 5. The molecule has 0 radical (unpaired) electrons. The third-order valence-corrected chi connectivity index (χ3v) is 4.70. The predicted molar refractivity (Wildman–Crippen MR) is 107 cm³/mol. The zero-order valence-electron chi connectivity index (χ0n) is 14.8.